The van der Waals surface area contributed by atoms with Crippen molar-refractivity contribution in [3.05, 3.63) is 24.5 Å². The molecule has 2 N–H and O–H groups in total. The molecule has 0 saturated heterocycles. The Balaban J connectivity index is 0.000000148. The lowest BCUT2D eigenvalue weighted by atomic mass is 10.2. The fourth-order valence-electron chi connectivity index (χ4n) is 0.278. The molecule has 0 bridgehead atoms. The highest BCUT2D eigenvalue weighted by Gasteiger charge is 1.67. The highest BCUT2D eigenvalue weighted by molar-refractivity contribution is 6.54. The molecule has 0 aromatic carbocycles. The van der Waals surface area contributed by atoms with Crippen LogP contribution in [0.4, 0.5) is 4.79 Å². The van der Waals surface area contributed by atoms with Crippen LogP contribution in [0.1, 0.15) is 0 Å². The lowest BCUT2D eigenvalue weighted by Gasteiger charge is -1.59. The van der Waals surface area contributed by atoms with Crippen molar-refractivity contribution in [2.45, 2.75) is 0 Å². The van der Waals surface area contributed by atoms with E-state index in [9.17, 15) is 0 Å². The van der Waals surface area contributed by atoms with Crippen molar-refractivity contribution in [2.75, 3.05) is 0 Å². The Kier molecular flexibility index (Phi) is 4.31. The van der Waals surface area contributed by atoms with Crippen LogP contribution in [0.15, 0.2) is 24.5 Å². The monoisotopic (exact) mass is 125 g/mol. The summed E-state index contributed by atoms with van der Waals surface area (Å²) in [5.74, 6) is -0.833. The summed E-state index contributed by atoms with van der Waals surface area (Å²) in [5.41, 5.74) is 0. The predicted molar refractivity (Wildman–Crippen MR) is 37.4 cm³/mol. The fourth-order valence-corrected chi connectivity index (χ4v) is 0.278. The van der Waals surface area contributed by atoms with Gasteiger partial charge in [0.05, 0.1) is 0 Å². The van der Waals surface area contributed by atoms with Crippen molar-refractivity contribution in [3.8, 4) is 0 Å². The summed E-state index contributed by atoms with van der Waals surface area (Å²) >= 11 is 0. The lowest BCUT2D eigenvalue weighted by molar-refractivity contribution is 0.220. The maximum atomic E-state index is 9.00. The van der Waals surface area contributed by atoms with Crippen LogP contribution in [0.5, 0.6) is 0 Å². The summed E-state index contributed by atoms with van der Waals surface area (Å²) in [4.78, 5) is 11.9. The Hall–Kier alpha value is -1.19. The van der Waals surface area contributed by atoms with Gasteiger partial charge in [-0.15, -0.1) is 0 Å². The molecule has 0 amide bonds. The molecule has 0 aliphatic carbocycles. The molecule has 48 valence electrons. The van der Waals surface area contributed by atoms with Crippen LogP contribution < -0.4 is 0 Å². The summed E-state index contributed by atoms with van der Waals surface area (Å²) < 4.78 is 0. The van der Waals surface area contributed by atoms with Crippen molar-refractivity contribution in [2.24, 2.45) is 0 Å². The van der Waals surface area contributed by atoms with Crippen molar-refractivity contribution >= 4 is 13.7 Å². The Labute approximate surface area is 54.1 Å². The third-order valence-electron chi connectivity index (χ3n) is 0.496. The lowest BCUT2D eigenvalue weighted by Crippen LogP contribution is -1.83. The minimum absolute atomic E-state index is 0.833. The van der Waals surface area contributed by atoms with Gasteiger partial charge in [0.15, 0.2) is 0 Å². The zero-order valence-corrected chi connectivity index (χ0v) is 5.16. The average Bonchev–Trinajstić information content (AvgIpc) is 2.11. The van der Waals surface area contributed by atoms with E-state index in [4.69, 9.17) is 9.90 Å². The van der Waals surface area contributed by atoms with E-state index in [0.717, 1.165) is 7.85 Å². The van der Waals surface area contributed by atoms with Crippen LogP contribution in [-0.2, 0) is 0 Å². The van der Waals surface area contributed by atoms with Gasteiger partial charge in [0, 0.05) is 12.4 Å². The standard InChI is InChI=1S/C4H5N.CH3BO2/c1-2-4-5-3-1;2-1(3)4/h1-5H;2H2,(H,3,4). The molecule has 0 saturated carbocycles. The van der Waals surface area contributed by atoms with E-state index in [1.807, 2.05) is 24.5 Å². The highest BCUT2D eigenvalue weighted by Crippen LogP contribution is 1.72. The predicted octanol–water partition coefficient (Wildman–Crippen LogP) is 0.312. The molecule has 0 aliphatic heterocycles. The molecular weight excluding hydrogens is 117 g/mol. The molecule has 0 unspecified atom stereocenters. The van der Waals surface area contributed by atoms with Gasteiger partial charge in [-0.1, -0.05) is 0 Å². The SMILES string of the molecule is BC(=O)O.c1cc[nH]c1. The van der Waals surface area contributed by atoms with E-state index in [-0.39, 0.29) is 0 Å². The van der Waals surface area contributed by atoms with E-state index in [1.54, 1.807) is 0 Å². The smallest absolute Gasteiger partial charge is 0.242 e. The van der Waals surface area contributed by atoms with Crippen molar-refractivity contribution in [3.63, 3.8) is 0 Å². The first-order chi connectivity index (χ1) is 4.23. The molecule has 1 rings (SSSR count). The summed E-state index contributed by atoms with van der Waals surface area (Å²) in [6.07, 6.45) is 3.75. The van der Waals surface area contributed by atoms with Gasteiger partial charge in [-0.05, 0) is 12.1 Å². The minimum atomic E-state index is -0.833. The second-order valence-electron chi connectivity index (χ2n) is 1.40. The number of aromatic nitrogens is 1. The zero-order chi connectivity index (χ0) is 7.11. The van der Waals surface area contributed by atoms with Crippen molar-refractivity contribution < 1.29 is 9.90 Å². The summed E-state index contributed by atoms with van der Waals surface area (Å²) in [6.45, 7) is 0. The second kappa shape index (κ2) is 4.96. The van der Waals surface area contributed by atoms with Gasteiger partial charge in [-0.25, -0.2) is 0 Å². The molecule has 0 spiro atoms. The molecule has 0 atom stereocenters. The maximum Gasteiger partial charge on any atom is 0.242 e. The summed E-state index contributed by atoms with van der Waals surface area (Å²) in [7, 11) is 1.08. The largest absolute Gasteiger partial charge is 0.490 e. The summed E-state index contributed by atoms with van der Waals surface area (Å²) in [5, 5.41) is 7.42. The number of carbonyl (C=O) groups is 1. The first kappa shape index (κ1) is 7.81. The van der Waals surface area contributed by atoms with Gasteiger partial charge < -0.3 is 10.1 Å². The van der Waals surface area contributed by atoms with Gasteiger partial charge in [-0.3, -0.25) is 4.79 Å². The van der Waals surface area contributed by atoms with Gasteiger partial charge in [0.2, 0.25) is 13.7 Å². The molecule has 9 heavy (non-hydrogen) atoms. The number of H-pyrrole nitrogens is 1. The maximum absolute atomic E-state index is 9.00. The van der Waals surface area contributed by atoms with Crippen LogP contribution >= 0.6 is 0 Å². The van der Waals surface area contributed by atoms with Gasteiger partial charge >= 0.3 is 0 Å². The second-order valence-corrected chi connectivity index (χ2v) is 1.40. The van der Waals surface area contributed by atoms with E-state index in [0.29, 0.717) is 0 Å². The Bertz CT molecular complexity index is 129. The van der Waals surface area contributed by atoms with E-state index in [1.165, 1.54) is 0 Å². The minimum Gasteiger partial charge on any atom is -0.490 e. The number of aromatic amines is 1. The van der Waals surface area contributed by atoms with E-state index >= 15 is 0 Å². The molecule has 0 aliphatic rings. The van der Waals surface area contributed by atoms with Gasteiger partial charge in [0.25, 0.3) is 0 Å². The Morgan fingerprint density at radius 3 is 1.89 bits per heavy atom. The zero-order valence-electron chi connectivity index (χ0n) is 5.16. The topological polar surface area (TPSA) is 53.1 Å². The fraction of sp³-hybridized carbons (Fsp3) is 0. The van der Waals surface area contributed by atoms with Crippen molar-refractivity contribution in [1.82, 2.24) is 4.98 Å². The van der Waals surface area contributed by atoms with E-state index < -0.39 is 5.87 Å². The molecule has 3 nitrogen and oxygen atoms in total. The normalized spacial score (nSPS) is 7.11. The van der Waals surface area contributed by atoms with Crippen LogP contribution in [0.25, 0.3) is 0 Å². The summed E-state index contributed by atoms with van der Waals surface area (Å²) in [6, 6.07) is 3.89. The van der Waals surface area contributed by atoms with Crippen LogP contribution in [0, 0.1) is 0 Å². The Morgan fingerprint density at radius 2 is 1.78 bits per heavy atom. The molecule has 0 radical (unpaired) electrons. The molecule has 4 heteroatoms. The number of nitrogens with one attached hydrogen (secondary N) is 1. The first-order valence-electron chi connectivity index (χ1n) is 2.51. The molecule has 0 fully saturated rings. The number of carboxylic acid groups (broad SMARTS) is 1. The number of hydrogen-bond donors (Lipinski definition) is 2. The highest BCUT2D eigenvalue weighted by atomic mass is 16.4. The first-order valence-corrected chi connectivity index (χ1v) is 2.51. The van der Waals surface area contributed by atoms with E-state index in [2.05, 4.69) is 4.98 Å². The van der Waals surface area contributed by atoms with Gasteiger partial charge in [0.1, 0.15) is 0 Å². The van der Waals surface area contributed by atoms with Gasteiger partial charge in [-0.2, -0.15) is 0 Å². The molecule has 1 heterocycles. The molecule has 1 aromatic rings. The van der Waals surface area contributed by atoms with Crippen molar-refractivity contribution in [1.29, 1.82) is 0 Å². The molecule has 1 aromatic heterocycles. The van der Waals surface area contributed by atoms with Crippen LogP contribution in [0.3, 0.4) is 0 Å². The Morgan fingerprint density at radius 1 is 1.44 bits per heavy atom. The quantitative estimate of drug-likeness (QED) is 0.490. The van der Waals surface area contributed by atoms with Crippen LogP contribution in [0.2, 0.25) is 0 Å². The average molecular weight is 125 g/mol. The van der Waals surface area contributed by atoms with Crippen LogP contribution in [-0.4, -0.2) is 23.8 Å². The third-order valence-corrected chi connectivity index (χ3v) is 0.496. The number of rotatable bonds is 0. The number of hydrogen-bond acceptors (Lipinski definition) is 1. The molecular formula is C5H8BNO2. The third kappa shape index (κ3) is 10.9.